The summed E-state index contributed by atoms with van der Waals surface area (Å²) in [5.41, 5.74) is 2.10. The largest absolute Gasteiger partial charge is 0.350 e. The van der Waals surface area contributed by atoms with Gasteiger partial charge in [0.1, 0.15) is 5.15 Å². The van der Waals surface area contributed by atoms with E-state index in [1.165, 1.54) is 17.5 Å². The number of halogens is 2. The van der Waals surface area contributed by atoms with E-state index >= 15 is 0 Å². The van der Waals surface area contributed by atoms with E-state index in [0.717, 1.165) is 23.7 Å². The van der Waals surface area contributed by atoms with Gasteiger partial charge in [-0.05, 0) is 44.5 Å². The van der Waals surface area contributed by atoms with Gasteiger partial charge in [0.15, 0.2) is 0 Å². The van der Waals surface area contributed by atoms with Crippen molar-refractivity contribution in [1.82, 2.24) is 20.0 Å². The van der Waals surface area contributed by atoms with Gasteiger partial charge in [0, 0.05) is 18.6 Å². The number of hydrogen-bond acceptors (Lipinski definition) is 3. The van der Waals surface area contributed by atoms with Gasteiger partial charge in [0.25, 0.3) is 5.91 Å². The molecule has 134 valence electrons. The van der Waals surface area contributed by atoms with Crippen LogP contribution in [-0.2, 0) is 7.05 Å². The summed E-state index contributed by atoms with van der Waals surface area (Å²) in [6.07, 6.45) is 2.34. The van der Waals surface area contributed by atoms with Crippen LogP contribution in [0.2, 0.25) is 10.2 Å². The molecule has 0 saturated carbocycles. The summed E-state index contributed by atoms with van der Waals surface area (Å²) < 4.78 is 1.51. The highest BCUT2D eigenvalue weighted by Gasteiger charge is 2.27. The Kier molecular flexibility index (Phi) is 5.67. The molecule has 1 aliphatic heterocycles. The lowest BCUT2D eigenvalue weighted by molar-refractivity contribution is 0.0937. The first-order valence-electron chi connectivity index (χ1n) is 8.44. The van der Waals surface area contributed by atoms with Crippen molar-refractivity contribution in [3.05, 3.63) is 51.3 Å². The van der Waals surface area contributed by atoms with Gasteiger partial charge in [-0.3, -0.25) is 14.4 Å². The second-order valence-corrected chi connectivity index (χ2v) is 7.13. The zero-order valence-corrected chi connectivity index (χ0v) is 15.9. The Morgan fingerprint density at radius 3 is 2.56 bits per heavy atom. The number of hydrogen-bond donors (Lipinski definition) is 1. The molecule has 3 rings (SSSR count). The Labute approximate surface area is 157 Å². The number of benzene rings is 1. The van der Waals surface area contributed by atoms with Crippen molar-refractivity contribution >= 4 is 29.1 Å². The average Bonchev–Trinajstić information content (AvgIpc) is 3.18. The van der Waals surface area contributed by atoms with Gasteiger partial charge in [-0.1, -0.05) is 41.4 Å². The lowest BCUT2D eigenvalue weighted by Crippen LogP contribution is -2.37. The number of rotatable bonds is 5. The quantitative estimate of drug-likeness (QED) is 0.861. The van der Waals surface area contributed by atoms with Crippen molar-refractivity contribution < 1.29 is 4.79 Å². The molecule has 1 aromatic carbocycles. The van der Waals surface area contributed by atoms with Crippen molar-refractivity contribution in [2.24, 2.45) is 7.05 Å². The Bertz CT molecular complexity index is 768. The minimum absolute atomic E-state index is 0.0518. The average molecular weight is 381 g/mol. The lowest BCUT2D eigenvalue weighted by Gasteiger charge is -2.29. The third-order valence-corrected chi connectivity index (χ3v) is 5.46. The second-order valence-electron chi connectivity index (χ2n) is 6.37. The van der Waals surface area contributed by atoms with Crippen LogP contribution in [0.15, 0.2) is 24.3 Å². The summed E-state index contributed by atoms with van der Waals surface area (Å²) in [5.74, 6) is -0.202. The number of carbonyl (C=O) groups is 1. The van der Waals surface area contributed by atoms with Gasteiger partial charge in [-0.2, -0.15) is 5.10 Å². The molecule has 2 aromatic rings. The van der Waals surface area contributed by atoms with Crippen LogP contribution in [0.5, 0.6) is 0 Å². The Hall–Kier alpha value is -1.56. The molecule has 1 N–H and O–H groups in total. The van der Waals surface area contributed by atoms with Crippen LogP contribution in [0.4, 0.5) is 0 Å². The number of aromatic nitrogens is 2. The van der Waals surface area contributed by atoms with Gasteiger partial charge in [0.2, 0.25) is 0 Å². The zero-order valence-electron chi connectivity index (χ0n) is 14.4. The molecule has 2 heterocycles. The topological polar surface area (TPSA) is 50.2 Å². The van der Waals surface area contributed by atoms with Crippen LogP contribution < -0.4 is 5.32 Å². The van der Waals surface area contributed by atoms with Crippen LogP contribution in [0.25, 0.3) is 0 Å². The van der Waals surface area contributed by atoms with E-state index in [4.69, 9.17) is 23.2 Å². The molecule has 1 fully saturated rings. The molecule has 0 radical (unpaired) electrons. The third-order valence-electron chi connectivity index (χ3n) is 4.68. The Balaban J connectivity index is 1.79. The summed E-state index contributed by atoms with van der Waals surface area (Å²) in [5, 5.41) is 8.30. The molecule has 25 heavy (non-hydrogen) atoms. The highest BCUT2D eigenvalue weighted by Crippen LogP contribution is 2.30. The second kappa shape index (κ2) is 7.77. The van der Waals surface area contributed by atoms with Crippen LogP contribution >= 0.6 is 23.2 Å². The van der Waals surface area contributed by atoms with Crippen LogP contribution in [0, 0.1) is 6.92 Å². The van der Waals surface area contributed by atoms with E-state index in [1.807, 2.05) is 24.3 Å². The van der Waals surface area contributed by atoms with E-state index in [2.05, 4.69) is 15.3 Å². The minimum atomic E-state index is -0.202. The fourth-order valence-electron chi connectivity index (χ4n) is 3.40. The highest BCUT2D eigenvalue weighted by molar-refractivity contribution is 6.33. The van der Waals surface area contributed by atoms with Crippen LogP contribution in [0.1, 0.15) is 40.5 Å². The molecular weight excluding hydrogens is 359 g/mol. The third kappa shape index (κ3) is 3.84. The SMILES string of the molecule is Cc1nn(C)c(Cl)c1C(=O)NCC(c1ccccc1Cl)N1CCCC1. The molecule has 7 heteroatoms. The molecule has 1 unspecified atom stereocenters. The molecule has 0 spiro atoms. The number of carbonyl (C=O) groups excluding carboxylic acids is 1. The maximum Gasteiger partial charge on any atom is 0.256 e. The van der Waals surface area contributed by atoms with Crippen molar-refractivity contribution in [3.63, 3.8) is 0 Å². The van der Waals surface area contributed by atoms with Gasteiger partial charge in [-0.25, -0.2) is 0 Å². The monoisotopic (exact) mass is 380 g/mol. The van der Waals surface area contributed by atoms with Crippen molar-refractivity contribution in [1.29, 1.82) is 0 Å². The van der Waals surface area contributed by atoms with E-state index in [0.29, 0.717) is 23.0 Å². The summed E-state index contributed by atoms with van der Waals surface area (Å²) in [6, 6.07) is 7.87. The Morgan fingerprint density at radius 2 is 1.96 bits per heavy atom. The zero-order chi connectivity index (χ0) is 18.0. The molecule has 1 atom stereocenters. The van der Waals surface area contributed by atoms with Gasteiger partial charge in [-0.15, -0.1) is 0 Å². The predicted molar refractivity (Wildman–Crippen MR) is 100 cm³/mol. The molecule has 1 saturated heterocycles. The molecule has 1 amide bonds. The van der Waals surface area contributed by atoms with Crippen LogP contribution in [0.3, 0.4) is 0 Å². The van der Waals surface area contributed by atoms with Gasteiger partial charge < -0.3 is 5.32 Å². The van der Waals surface area contributed by atoms with Crippen molar-refractivity contribution in [3.8, 4) is 0 Å². The fraction of sp³-hybridized carbons (Fsp3) is 0.444. The van der Waals surface area contributed by atoms with Gasteiger partial charge in [0.05, 0.1) is 17.3 Å². The van der Waals surface area contributed by atoms with Crippen molar-refractivity contribution in [2.45, 2.75) is 25.8 Å². The fourth-order valence-corrected chi connectivity index (χ4v) is 3.92. The number of amides is 1. The molecule has 1 aliphatic rings. The first-order chi connectivity index (χ1) is 12.0. The molecule has 0 aliphatic carbocycles. The molecule has 5 nitrogen and oxygen atoms in total. The number of nitrogens with one attached hydrogen (secondary N) is 1. The van der Waals surface area contributed by atoms with Crippen LogP contribution in [-0.4, -0.2) is 40.2 Å². The van der Waals surface area contributed by atoms with E-state index in [-0.39, 0.29) is 11.9 Å². The number of aryl methyl sites for hydroxylation is 2. The van der Waals surface area contributed by atoms with E-state index < -0.39 is 0 Å². The smallest absolute Gasteiger partial charge is 0.256 e. The summed E-state index contributed by atoms with van der Waals surface area (Å²) in [6.45, 7) is 4.29. The highest BCUT2D eigenvalue weighted by atomic mass is 35.5. The number of nitrogens with zero attached hydrogens (tertiary/aromatic N) is 3. The summed E-state index contributed by atoms with van der Waals surface area (Å²) in [7, 11) is 1.73. The molecule has 1 aromatic heterocycles. The first-order valence-corrected chi connectivity index (χ1v) is 9.20. The molecule has 0 bridgehead atoms. The maximum atomic E-state index is 12.6. The Morgan fingerprint density at radius 1 is 1.28 bits per heavy atom. The minimum Gasteiger partial charge on any atom is -0.350 e. The first kappa shape index (κ1) is 18.2. The van der Waals surface area contributed by atoms with Crippen molar-refractivity contribution in [2.75, 3.05) is 19.6 Å². The summed E-state index contributed by atoms with van der Waals surface area (Å²) in [4.78, 5) is 15.0. The number of likely N-dealkylation sites (tertiary alicyclic amines) is 1. The predicted octanol–water partition coefficient (Wildman–Crippen LogP) is 3.60. The summed E-state index contributed by atoms with van der Waals surface area (Å²) >= 11 is 12.6. The normalized spacial score (nSPS) is 16.2. The maximum absolute atomic E-state index is 12.6. The van der Waals surface area contributed by atoms with E-state index in [1.54, 1.807) is 14.0 Å². The van der Waals surface area contributed by atoms with E-state index in [9.17, 15) is 4.79 Å². The lowest BCUT2D eigenvalue weighted by atomic mass is 10.1. The standard InChI is InChI=1S/C18H22Cl2N4O/c1-12-16(17(20)23(2)22-12)18(25)21-11-15(24-9-5-6-10-24)13-7-3-4-8-14(13)19/h3-4,7-8,15H,5-6,9-11H2,1-2H3,(H,21,25). The molecular formula is C18H22Cl2N4O. The van der Waals surface area contributed by atoms with Gasteiger partial charge >= 0.3 is 0 Å².